The standard InChI is InChI=1S/C24H27N3O2S/c1-16-13-19(11-12-25-16)18-9-7-17(8-10-18)14-26-24(28)23-22(27-15-30-23)20-5-3-4-6-21(20)29-2/h3-6,11-13,15,17-18H,7-10,14H2,1-2H3,(H,26,28). The van der Waals surface area contributed by atoms with Gasteiger partial charge in [-0.3, -0.25) is 9.78 Å². The van der Waals surface area contributed by atoms with Gasteiger partial charge in [0.15, 0.2) is 0 Å². The average molecular weight is 422 g/mol. The van der Waals surface area contributed by atoms with Gasteiger partial charge in [0.05, 0.1) is 18.3 Å². The fraction of sp³-hybridized carbons (Fsp3) is 0.375. The Hall–Kier alpha value is -2.73. The molecule has 30 heavy (non-hydrogen) atoms. The largest absolute Gasteiger partial charge is 0.496 e. The first-order valence-corrected chi connectivity index (χ1v) is 11.3. The summed E-state index contributed by atoms with van der Waals surface area (Å²) in [6, 6.07) is 12.0. The summed E-state index contributed by atoms with van der Waals surface area (Å²) in [6.07, 6.45) is 6.50. The van der Waals surface area contributed by atoms with Gasteiger partial charge >= 0.3 is 0 Å². The van der Waals surface area contributed by atoms with Crippen molar-refractivity contribution in [3.8, 4) is 17.0 Å². The molecular formula is C24H27N3O2S. The third-order valence-corrected chi connectivity index (χ3v) is 6.75. The Bertz CT molecular complexity index is 1010. The van der Waals surface area contributed by atoms with Gasteiger partial charge in [0.25, 0.3) is 5.91 Å². The number of hydrogen-bond donors (Lipinski definition) is 1. The number of nitrogens with one attached hydrogen (secondary N) is 1. The second-order valence-corrected chi connectivity index (χ2v) is 8.74. The number of thiazole rings is 1. The zero-order chi connectivity index (χ0) is 20.9. The van der Waals surface area contributed by atoms with Gasteiger partial charge in [-0.1, -0.05) is 12.1 Å². The third-order valence-electron chi connectivity index (χ3n) is 5.93. The zero-order valence-electron chi connectivity index (χ0n) is 17.4. The van der Waals surface area contributed by atoms with Crippen LogP contribution in [0.1, 0.15) is 52.5 Å². The molecule has 4 rings (SSSR count). The van der Waals surface area contributed by atoms with Gasteiger partial charge in [-0.05, 0) is 74.3 Å². The van der Waals surface area contributed by atoms with Crippen LogP contribution in [-0.4, -0.2) is 29.5 Å². The minimum atomic E-state index is -0.0507. The SMILES string of the molecule is COc1ccccc1-c1ncsc1C(=O)NCC1CCC(c2ccnc(C)c2)CC1. The molecule has 0 unspecified atom stereocenters. The first kappa shape index (κ1) is 20.5. The Labute approximate surface area is 181 Å². The number of carbonyl (C=O) groups is 1. The molecule has 2 heterocycles. The van der Waals surface area contributed by atoms with E-state index in [9.17, 15) is 4.79 Å². The van der Waals surface area contributed by atoms with Crippen molar-refractivity contribution in [1.82, 2.24) is 15.3 Å². The fourth-order valence-electron chi connectivity index (χ4n) is 4.28. The van der Waals surface area contributed by atoms with Crippen LogP contribution in [0.3, 0.4) is 0 Å². The molecule has 156 valence electrons. The van der Waals surface area contributed by atoms with Crippen molar-refractivity contribution in [1.29, 1.82) is 0 Å². The molecule has 1 aliphatic carbocycles. The van der Waals surface area contributed by atoms with E-state index < -0.39 is 0 Å². The summed E-state index contributed by atoms with van der Waals surface area (Å²) < 4.78 is 5.44. The van der Waals surface area contributed by atoms with E-state index >= 15 is 0 Å². The topological polar surface area (TPSA) is 64.1 Å². The number of nitrogens with zero attached hydrogens (tertiary/aromatic N) is 2. The first-order chi connectivity index (χ1) is 14.7. The average Bonchev–Trinajstić information content (AvgIpc) is 3.27. The number of pyridine rings is 1. The second kappa shape index (κ2) is 9.39. The van der Waals surface area contributed by atoms with Gasteiger partial charge in [-0.15, -0.1) is 11.3 Å². The van der Waals surface area contributed by atoms with Crippen molar-refractivity contribution in [2.75, 3.05) is 13.7 Å². The number of amides is 1. The van der Waals surface area contributed by atoms with Crippen LogP contribution in [0.5, 0.6) is 5.75 Å². The van der Waals surface area contributed by atoms with Gasteiger partial charge in [-0.2, -0.15) is 0 Å². The van der Waals surface area contributed by atoms with Crippen molar-refractivity contribution in [2.24, 2.45) is 5.92 Å². The number of para-hydroxylation sites is 1. The van der Waals surface area contributed by atoms with E-state index in [-0.39, 0.29) is 5.91 Å². The highest BCUT2D eigenvalue weighted by atomic mass is 32.1. The second-order valence-electron chi connectivity index (χ2n) is 7.89. The predicted molar refractivity (Wildman–Crippen MR) is 120 cm³/mol. The molecule has 0 atom stereocenters. The molecule has 1 fully saturated rings. The Morgan fingerprint density at radius 3 is 2.73 bits per heavy atom. The van der Waals surface area contributed by atoms with Gasteiger partial charge in [0.1, 0.15) is 10.6 Å². The van der Waals surface area contributed by atoms with Gasteiger partial charge < -0.3 is 10.1 Å². The van der Waals surface area contributed by atoms with Crippen molar-refractivity contribution in [2.45, 2.75) is 38.5 Å². The van der Waals surface area contributed by atoms with E-state index in [1.807, 2.05) is 37.4 Å². The van der Waals surface area contributed by atoms with Crippen molar-refractivity contribution < 1.29 is 9.53 Å². The van der Waals surface area contributed by atoms with Crippen LogP contribution in [0.25, 0.3) is 11.3 Å². The van der Waals surface area contributed by atoms with Crippen molar-refractivity contribution in [3.05, 3.63) is 64.2 Å². The molecule has 0 aliphatic heterocycles. The number of methoxy groups -OCH3 is 1. The molecule has 0 bridgehead atoms. The van der Waals surface area contributed by atoms with Crippen LogP contribution in [0.4, 0.5) is 0 Å². The highest BCUT2D eigenvalue weighted by molar-refractivity contribution is 7.12. The maximum Gasteiger partial charge on any atom is 0.263 e. The molecule has 1 N–H and O–H groups in total. The van der Waals surface area contributed by atoms with E-state index in [1.165, 1.54) is 16.9 Å². The van der Waals surface area contributed by atoms with Gasteiger partial charge in [0, 0.05) is 24.0 Å². The number of aromatic nitrogens is 2. The number of ether oxygens (including phenoxy) is 1. The van der Waals surface area contributed by atoms with Crippen LogP contribution >= 0.6 is 11.3 Å². The summed E-state index contributed by atoms with van der Waals surface area (Å²) in [7, 11) is 1.63. The lowest BCUT2D eigenvalue weighted by atomic mass is 9.79. The van der Waals surface area contributed by atoms with Crippen molar-refractivity contribution >= 4 is 17.2 Å². The Morgan fingerprint density at radius 1 is 1.17 bits per heavy atom. The molecule has 0 saturated heterocycles. The molecule has 6 heteroatoms. The predicted octanol–water partition coefficient (Wildman–Crippen LogP) is 5.23. The maximum absolute atomic E-state index is 12.9. The molecular weight excluding hydrogens is 394 g/mol. The summed E-state index contributed by atoms with van der Waals surface area (Å²) in [4.78, 5) is 22.3. The maximum atomic E-state index is 12.9. The van der Waals surface area contributed by atoms with Crippen LogP contribution in [-0.2, 0) is 0 Å². The highest BCUT2D eigenvalue weighted by Crippen LogP contribution is 2.36. The van der Waals surface area contributed by atoms with E-state index in [1.54, 1.807) is 12.6 Å². The number of carbonyl (C=O) groups excluding carboxylic acids is 1. The quantitative estimate of drug-likeness (QED) is 0.592. The smallest absolute Gasteiger partial charge is 0.263 e. The lowest BCUT2D eigenvalue weighted by molar-refractivity contribution is 0.0947. The lowest BCUT2D eigenvalue weighted by Gasteiger charge is -2.29. The van der Waals surface area contributed by atoms with E-state index in [0.29, 0.717) is 29.0 Å². The Balaban J connectivity index is 1.35. The molecule has 1 amide bonds. The number of rotatable bonds is 6. The van der Waals surface area contributed by atoms with E-state index in [2.05, 4.69) is 27.4 Å². The molecule has 2 aromatic heterocycles. The minimum absolute atomic E-state index is 0.0507. The molecule has 0 spiro atoms. The molecule has 0 radical (unpaired) electrons. The van der Waals surface area contributed by atoms with Gasteiger partial charge in [-0.25, -0.2) is 4.98 Å². The van der Waals surface area contributed by atoms with E-state index in [0.717, 1.165) is 42.7 Å². The van der Waals surface area contributed by atoms with Crippen LogP contribution < -0.4 is 10.1 Å². The Kier molecular flexibility index (Phi) is 6.43. The molecule has 3 aromatic rings. The number of hydrogen-bond acceptors (Lipinski definition) is 5. The third kappa shape index (κ3) is 4.54. The number of aryl methyl sites for hydroxylation is 1. The van der Waals surface area contributed by atoms with Crippen LogP contribution in [0.15, 0.2) is 48.1 Å². The van der Waals surface area contributed by atoms with Crippen LogP contribution in [0, 0.1) is 12.8 Å². The summed E-state index contributed by atoms with van der Waals surface area (Å²) >= 11 is 1.37. The monoisotopic (exact) mass is 421 g/mol. The fourth-order valence-corrected chi connectivity index (χ4v) is 5.00. The van der Waals surface area contributed by atoms with Crippen molar-refractivity contribution in [3.63, 3.8) is 0 Å². The van der Waals surface area contributed by atoms with Gasteiger partial charge in [0.2, 0.25) is 0 Å². The van der Waals surface area contributed by atoms with Crippen LogP contribution in [0.2, 0.25) is 0 Å². The molecule has 1 aromatic carbocycles. The minimum Gasteiger partial charge on any atom is -0.496 e. The Morgan fingerprint density at radius 2 is 1.97 bits per heavy atom. The summed E-state index contributed by atoms with van der Waals surface area (Å²) in [5.74, 6) is 1.81. The normalized spacial score (nSPS) is 18.7. The molecule has 5 nitrogen and oxygen atoms in total. The summed E-state index contributed by atoms with van der Waals surface area (Å²) in [6.45, 7) is 2.76. The van der Waals surface area contributed by atoms with E-state index in [4.69, 9.17) is 4.74 Å². The lowest BCUT2D eigenvalue weighted by Crippen LogP contribution is -2.31. The highest BCUT2D eigenvalue weighted by Gasteiger charge is 2.24. The molecule has 1 saturated carbocycles. The number of benzene rings is 1. The summed E-state index contributed by atoms with van der Waals surface area (Å²) in [5, 5.41) is 3.15. The molecule has 1 aliphatic rings. The zero-order valence-corrected chi connectivity index (χ0v) is 18.2. The summed E-state index contributed by atoms with van der Waals surface area (Å²) in [5.41, 5.74) is 5.73. The first-order valence-electron chi connectivity index (χ1n) is 10.4.